The third-order valence-corrected chi connectivity index (χ3v) is 0.408. The molecule has 0 aromatic heterocycles. The molecule has 0 heterocycles. The fourth-order valence-corrected chi connectivity index (χ4v) is 0.241. The Kier molecular flexibility index (Phi) is 26.2. The summed E-state index contributed by atoms with van der Waals surface area (Å²) in [5.41, 5.74) is 0.359. The van der Waals surface area contributed by atoms with Crippen LogP contribution in [0.4, 0.5) is 0 Å². The van der Waals surface area contributed by atoms with Crippen LogP contribution in [-0.4, -0.2) is 5.71 Å². The number of hydrogen-bond acceptors (Lipinski definition) is 0. The zero-order valence-electron chi connectivity index (χ0n) is 6.66. The summed E-state index contributed by atoms with van der Waals surface area (Å²) in [6.07, 6.45) is 4.93. The predicted molar refractivity (Wildman–Crippen MR) is 43.4 cm³/mol. The van der Waals surface area contributed by atoms with Crippen LogP contribution in [0.5, 0.6) is 0 Å². The van der Waals surface area contributed by atoms with Crippen molar-refractivity contribution in [3.63, 3.8) is 0 Å². The largest absolute Gasteiger partial charge is 2.00 e. The van der Waals surface area contributed by atoms with E-state index in [4.69, 9.17) is 12.0 Å². The molecule has 0 aromatic carbocycles. The molecule has 0 bridgehead atoms. The quantitative estimate of drug-likeness (QED) is 0.525. The molecule has 0 spiro atoms. The molecule has 1 nitrogen and oxygen atoms in total. The van der Waals surface area contributed by atoms with Crippen molar-refractivity contribution in [2.45, 2.75) is 20.8 Å². The van der Waals surface area contributed by atoms with Gasteiger partial charge in [-0.1, -0.05) is 26.0 Å². The first-order valence-electron chi connectivity index (χ1n) is 2.83. The monoisotopic (exact) mass is 307 g/mol. The molecule has 0 saturated heterocycles. The van der Waals surface area contributed by atoms with E-state index in [1.165, 1.54) is 6.08 Å². The van der Waals surface area contributed by atoms with E-state index in [0.717, 1.165) is 0 Å². The molecule has 10 heavy (non-hydrogen) atoms. The molecule has 0 radical (unpaired) electrons. The topological polar surface area (TPSA) is 22.3 Å². The molecule has 0 aromatic rings. The van der Waals surface area contributed by atoms with Crippen molar-refractivity contribution in [1.29, 1.82) is 0 Å². The van der Waals surface area contributed by atoms with E-state index in [1.807, 2.05) is 6.92 Å². The van der Waals surface area contributed by atoms with Crippen LogP contribution < -0.4 is 0 Å². The van der Waals surface area contributed by atoms with Gasteiger partial charge in [0.05, 0.1) is 0 Å². The zero-order valence-corrected chi connectivity index (χ0v) is 9.60. The third kappa shape index (κ3) is 45.5. The van der Waals surface area contributed by atoms with Gasteiger partial charge >= 0.3 is 21.1 Å². The molecule has 0 atom stereocenters. The molecule has 0 aliphatic carbocycles. The van der Waals surface area contributed by atoms with Crippen LogP contribution in [0.3, 0.4) is 0 Å². The maximum absolute atomic E-state index is 8.38. The summed E-state index contributed by atoms with van der Waals surface area (Å²) >= 11 is 0. The summed E-state index contributed by atoms with van der Waals surface area (Å²) in [6.45, 7) is 10.00. The van der Waals surface area contributed by atoms with Crippen LogP contribution in [-0.2, 0) is 21.1 Å². The summed E-state index contributed by atoms with van der Waals surface area (Å²) in [7, 11) is 0. The minimum Gasteiger partial charge on any atom is -0.808 e. The molecule has 0 saturated carbocycles. The molecule has 0 unspecified atom stereocenters. The van der Waals surface area contributed by atoms with Gasteiger partial charge in [0, 0.05) is 0 Å². The molecule has 0 aliphatic rings. The molecule has 0 fully saturated rings. The second-order valence-corrected chi connectivity index (χ2v) is 1.47. The number of allylic oxidation sites excluding steroid dienone is 3. The van der Waals surface area contributed by atoms with Gasteiger partial charge in [0.2, 0.25) is 0 Å². The second kappa shape index (κ2) is 15.9. The van der Waals surface area contributed by atoms with Gasteiger partial charge in [-0.2, -0.15) is 5.71 Å². The van der Waals surface area contributed by atoms with Gasteiger partial charge in [0.1, 0.15) is 0 Å². The van der Waals surface area contributed by atoms with Gasteiger partial charge in [-0.25, -0.2) is 0 Å². The van der Waals surface area contributed by atoms with E-state index in [0.29, 0.717) is 5.71 Å². The van der Waals surface area contributed by atoms with E-state index in [1.54, 1.807) is 26.0 Å². The SMILES string of the molecule is C/C=C\C(C)=[N-].[CH-]=CC.[W+2]. The maximum Gasteiger partial charge on any atom is 2.00 e. The Morgan fingerprint density at radius 3 is 1.70 bits per heavy atom. The summed E-state index contributed by atoms with van der Waals surface area (Å²) in [6, 6.07) is 0. The van der Waals surface area contributed by atoms with E-state index >= 15 is 0 Å². The first kappa shape index (κ1) is 16.4. The maximum atomic E-state index is 8.38. The minimum atomic E-state index is 0. The first-order chi connectivity index (χ1) is 4.18. The average Bonchev–Trinajstić information content (AvgIpc) is 1.67. The van der Waals surface area contributed by atoms with Crippen molar-refractivity contribution in [2.75, 3.05) is 0 Å². The van der Waals surface area contributed by atoms with Crippen LogP contribution in [0.25, 0.3) is 5.41 Å². The fourth-order valence-electron chi connectivity index (χ4n) is 0.241. The van der Waals surface area contributed by atoms with Crippen molar-refractivity contribution in [3.05, 3.63) is 30.2 Å². The van der Waals surface area contributed by atoms with Crippen molar-refractivity contribution in [3.8, 4) is 0 Å². The van der Waals surface area contributed by atoms with Gasteiger partial charge in [0.25, 0.3) is 0 Å². The van der Waals surface area contributed by atoms with Gasteiger partial charge in [-0.3, -0.25) is 6.08 Å². The van der Waals surface area contributed by atoms with E-state index in [2.05, 4.69) is 0 Å². The predicted octanol–water partition coefficient (Wildman–Crippen LogP) is 2.59. The Morgan fingerprint density at radius 1 is 1.40 bits per heavy atom. The fraction of sp³-hybridized carbons (Fsp3) is 0.375. The van der Waals surface area contributed by atoms with E-state index in [9.17, 15) is 0 Å². The van der Waals surface area contributed by atoms with E-state index < -0.39 is 0 Å². The molecule has 2 heteroatoms. The van der Waals surface area contributed by atoms with Crippen LogP contribution in [0.2, 0.25) is 0 Å². The van der Waals surface area contributed by atoms with Crippen molar-refractivity contribution < 1.29 is 21.1 Å². The number of hydrogen-bond donors (Lipinski definition) is 0. The normalized spacial score (nSPS) is 7.10. The van der Waals surface area contributed by atoms with Crippen LogP contribution in [0, 0.1) is 6.58 Å². The molecule has 56 valence electrons. The standard InChI is InChI=1S/C5H8N.C3H5.W/c1-3-4-5(2)6;1-3-2;/h3-4H,1-2H3;1,3H,2H3;/q2*-1;+2/b4-3-;;. The van der Waals surface area contributed by atoms with E-state index in [-0.39, 0.29) is 21.1 Å². The molecule has 0 amide bonds. The second-order valence-electron chi connectivity index (χ2n) is 1.47. The average molecular weight is 307 g/mol. The van der Waals surface area contributed by atoms with Crippen LogP contribution >= 0.6 is 0 Å². The first-order valence-corrected chi connectivity index (χ1v) is 2.83. The summed E-state index contributed by atoms with van der Waals surface area (Å²) in [5, 5.41) is 8.38. The Balaban J connectivity index is -0.000000107. The van der Waals surface area contributed by atoms with Crippen molar-refractivity contribution in [2.24, 2.45) is 0 Å². The van der Waals surface area contributed by atoms with Crippen molar-refractivity contribution >= 4 is 5.71 Å². The Morgan fingerprint density at radius 2 is 1.70 bits per heavy atom. The van der Waals surface area contributed by atoms with Crippen molar-refractivity contribution in [1.82, 2.24) is 0 Å². The zero-order chi connectivity index (χ0) is 7.70. The van der Waals surface area contributed by atoms with Gasteiger partial charge in [0.15, 0.2) is 0 Å². The van der Waals surface area contributed by atoms with Crippen LogP contribution in [0.1, 0.15) is 20.8 Å². The summed E-state index contributed by atoms with van der Waals surface area (Å²) in [5.74, 6) is 0. The summed E-state index contributed by atoms with van der Waals surface area (Å²) < 4.78 is 0. The molecule has 0 aliphatic heterocycles. The number of rotatable bonds is 1. The molecule has 0 rings (SSSR count). The Labute approximate surface area is 78.0 Å². The van der Waals surface area contributed by atoms with Gasteiger partial charge < -0.3 is 12.0 Å². The molecule has 0 N–H and O–H groups in total. The van der Waals surface area contributed by atoms with Gasteiger partial charge in [-0.15, -0.1) is 0 Å². The minimum absolute atomic E-state index is 0. The van der Waals surface area contributed by atoms with Gasteiger partial charge in [-0.05, 0) is 6.92 Å². The van der Waals surface area contributed by atoms with Crippen LogP contribution in [0.15, 0.2) is 18.2 Å². The smallest absolute Gasteiger partial charge is 0.808 e. The molecular weight excluding hydrogens is 294 g/mol. The Hall–Kier alpha value is -0.162. The Bertz CT molecular complexity index is 106. The number of nitrogens with zero attached hydrogens (tertiary/aromatic N) is 1. The summed E-state index contributed by atoms with van der Waals surface area (Å²) in [4.78, 5) is 0. The molecular formula is C8H13NW. The third-order valence-electron chi connectivity index (χ3n) is 0.408.